The van der Waals surface area contributed by atoms with Crippen molar-refractivity contribution in [2.24, 2.45) is 5.92 Å². The maximum absolute atomic E-state index is 14.4. The van der Waals surface area contributed by atoms with Crippen molar-refractivity contribution < 1.29 is 14.5 Å². The number of nitro benzene ring substituents is 1. The molecule has 3 heterocycles. The number of non-ortho nitro benzene ring substituents is 1. The van der Waals surface area contributed by atoms with Crippen LogP contribution in [-0.2, 0) is 10.3 Å². The zero-order chi connectivity index (χ0) is 24.3. The molecule has 7 nitrogen and oxygen atoms in total. The van der Waals surface area contributed by atoms with E-state index >= 15 is 0 Å². The molecule has 0 aromatic heterocycles. The second kappa shape index (κ2) is 8.00. The van der Waals surface area contributed by atoms with Crippen molar-refractivity contribution >= 4 is 34.7 Å². The summed E-state index contributed by atoms with van der Waals surface area (Å²) in [6.07, 6.45) is 1.76. The predicted octanol–water partition coefficient (Wildman–Crippen LogP) is 5.16. The minimum Gasteiger partial charge on any atom is -0.324 e. The SMILES string of the molecule is O=C(c1cccc([N+](=O)[O-])c1)C1C(c2ccccc2)C2CCCN2[C@@]12C(=O)Nc1ccc(Cl)cc12. The maximum atomic E-state index is 14.4. The fourth-order valence-electron chi connectivity index (χ4n) is 6.53. The number of Topliss-reactive ketones (excluding diaryl/α,β-unsaturated/α-hetero) is 1. The van der Waals surface area contributed by atoms with E-state index in [1.54, 1.807) is 24.3 Å². The lowest BCUT2D eigenvalue weighted by atomic mass is 9.69. The number of fused-ring (bicyclic) bond motifs is 4. The predicted molar refractivity (Wildman–Crippen MR) is 132 cm³/mol. The zero-order valence-electron chi connectivity index (χ0n) is 18.7. The number of nitrogens with zero attached hydrogens (tertiary/aromatic N) is 2. The molecule has 0 bridgehead atoms. The monoisotopic (exact) mass is 487 g/mol. The molecule has 0 saturated carbocycles. The average Bonchev–Trinajstić information content (AvgIpc) is 3.52. The molecule has 1 N–H and O–H groups in total. The lowest BCUT2D eigenvalue weighted by molar-refractivity contribution is -0.384. The van der Waals surface area contributed by atoms with Crippen LogP contribution in [0.25, 0.3) is 0 Å². The quantitative estimate of drug-likeness (QED) is 0.312. The highest BCUT2D eigenvalue weighted by atomic mass is 35.5. The van der Waals surface area contributed by atoms with Crippen molar-refractivity contribution in [1.82, 2.24) is 4.90 Å². The highest BCUT2D eigenvalue weighted by molar-refractivity contribution is 6.31. The summed E-state index contributed by atoms with van der Waals surface area (Å²) in [4.78, 5) is 41.5. The number of hydrogen-bond acceptors (Lipinski definition) is 5. The summed E-state index contributed by atoms with van der Waals surface area (Å²) in [5.74, 6) is -1.57. The van der Waals surface area contributed by atoms with Gasteiger partial charge in [0.25, 0.3) is 5.69 Å². The van der Waals surface area contributed by atoms with E-state index in [1.165, 1.54) is 18.2 Å². The first kappa shape index (κ1) is 21.9. The number of nitrogens with one attached hydrogen (secondary N) is 1. The van der Waals surface area contributed by atoms with Crippen molar-refractivity contribution in [2.75, 3.05) is 11.9 Å². The Morgan fingerprint density at radius 3 is 2.66 bits per heavy atom. The number of halogens is 1. The van der Waals surface area contributed by atoms with E-state index in [9.17, 15) is 19.7 Å². The fraction of sp³-hybridized carbons (Fsp3) is 0.259. The van der Waals surface area contributed by atoms with Crippen LogP contribution in [0.5, 0.6) is 0 Å². The van der Waals surface area contributed by atoms with Gasteiger partial charge in [0.15, 0.2) is 5.78 Å². The molecule has 35 heavy (non-hydrogen) atoms. The van der Waals surface area contributed by atoms with Gasteiger partial charge in [0, 0.05) is 45.9 Å². The molecule has 2 fully saturated rings. The first-order chi connectivity index (χ1) is 16.9. The largest absolute Gasteiger partial charge is 0.324 e. The van der Waals surface area contributed by atoms with Gasteiger partial charge in [0.05, 0.1) is 10.8 Å². The van der Waals surface area contributed by atoms with Gasteiger partial charge in [-0.05, 0) is 43.1 Å². The van der Waals surface area contributed by atoms with Crippen molar-refractivity contribution in [2.45, 2.75) is 30.3 Å². The summed E-state index contributed by atoms with van der Waals surface area (Å²) in [6, 6.07) is 20.9. The molecular weight excluding hydrogens is 466 g/mol. The van der Waals surface area contributed by atoms with Crippen LogP contribution < -0.4 is 5.32 Å². The third kappa shape index (κ3) is 3.08. The molecule has 1 spiro atoms. The molecule has 4 atom stereocenters. The number of anilines is 1. The van der Waals surface area contributed by atoms with Crippen LogP contribution >= 0.6 is 11.6 Å². The third-order valence-corrected chi connectivity index (χ3v) is 8.01. The molecule has 176 valence electrons. The standard InChI is InChI=1S/C27H22ClN3O4/c28-18-11-12-21-20(15-18)27(26(33)29-21)24(25(32)17-8-4-9-19(14-17)31(34)35)23(16-6-2-1-3-7-16)22-10-5-13-30(22)27/h1-4,6-9,11-12,14-15,22-24H,5,10,13H2,(H,29,33)/t22?,23?,24?,27-/m1/s1. The molecule has 3 aromatic rings. The Bertz CT molecular complexity index is 1380. The lowest BCUT2D eigenvalue weighted by Gasteiger charge is -2.37. The van der Waals surface area contributed by atoms with Crippen LogP contribution in [0.1, 0.15) is 40.2 Å². The van der Waals surface area contributed by atoms with Gasteiger partial charge in [-0.25, -0.2) is 0 Å². The minimum atomic E-state index is -1.25. The van der Waals surface area contributed by atoms with Gasteiger partial charge in [-0.3, -0.25) is 24.6 Å². The van der Waals surface area contributed by atoms with E-state index in [2.05, 4.69) is 10.2 Å². The summed E-state index contributed by atoms with van der Waals surface area (Å²) in [5, 5.41) is 14.9. The van der Waals surface area contributed by atoms with E-state index in [0.717, 1.165) is 18.4 Å². The molecule has 3 unspecified atom stereocenters. The van der Waals surface area contributed by atoms with Crippen LogP contribution in [0.2, 0.25) is 5.02 Å². The van der Waals surface area contributed by atoms with Crippen molar-refractivity contribution in [3.63, 3.8) is 0 Å². The summed E-state index contributed by atoms with van der Waals surface area (Å²) in [7, 11) is 0. The molecule has 3 aromatic carbocycles. The fourth-order valence-corrected chi connectivity index (χ4v) is 6.71. The number of rotatable bonds is 4. The van der Waals surface area contributed by atoms with Gasteiger partial charge in [-0.2, -0.15) is 0 Å². The number of hydrogen-bond donors (Lipinski definition) is 1. The summed E-state index contributed by atoms with van der Waals surface area (Å²) >= 11 is 6.41. The number of nitro groups is 1. The summed E-state index contributed by atoms with van der Waals surface area (Å²) in [5.41, 5.74) is 1.16. The third-order valence-electron chi connectivity index (χ3n) is 7.77. The number of benzene rings is 3. The first-order valence-electron chi connectivity index (χ1n) is 11.6. The Hall–Kier alpha value is -3.55. The van der Waals surface area contributed by atoms with Gasteiger partial charge in [-0.1, -0.05) is 54.1 Å². The number of carbonyl (C=O) groups excluding carboxylic acids is 2. The Morgan fingerprint density at radius 1 is 1.09 bits per heavy atom. The van der Waals surface area contributed by atoms with Crippen molar-refractivity contribution in [3.05, 3.63) is 105 Å². The Kier molecular flexibility index (Phi) is 5.02. The second-order valence-electron chi connectivity index (χ2n) is 9.40. The van der Waals surface area contributed by atoms with E-state index in [4.69, 9.17) is 11.6 Å². The molecule has 0 aliphatic carbocycles. The highest BCUT2D eigenvalue weighted by Crippen LogP contribution is 2.61. The average molecular weight is 488 g/mol. The van der Waals surface area contributed by atoms with Crippen molar-refractivity contribution in [1.29, 1.82) is 0 Å². The van der Waals surface area contributed by atoms with Gasteiger partial charge in [0.1, 0.15) is 5.54 Å². The van der Waals surface area contributed by atoms with Crippen LogP contribution in [0.3, 0.4) is 0 Å². The van der Waals surface area contributed by atoms with Gasteiger partial charge in [-0.15, -0.1) is 0 Å². The molecular formula is C27H22ClN3O4. The van der Waals surface area contributed by atoms with Crippen LogP contribution in [0, 0.1) is 16.0 Å². The minimum absolute atomic E-state index is 0.0271. The van der Waals surface area contributed by atoms with Crippen LogP contribution in [0.4, 0.5) is 11.4 Å². The normalized spacial score (nSPS) is 27.0. The van der Waals surface area contributed by atoms with Crippen LogP contribution in [-0.4, -0.2) is 34.1 Å². The number of ketones is 1. The number of carbonyl (C=O) groups is 2. The maximum Gasteiger partial charge on any atom is 0.270 e. The van der Waals surface area contributed by atoms with E-state index in [1.807, 2.05) is 30.3 Å². The molecule has 2 saturated heterocycles. The highest BCUT2D eigenvalue weighted by Gasteiger charge is 2.69. The Morgan fingerprint density at radius 2 is 1.89 bits per heavy atom. The summed E-state index contributed by atoms with van der Waals surface area (Å²) in [6.45, 7) is 0.673. The molecule has 3 aliphatic rings. The molecule has 8 heteroatoms. The smallest absolute Gasteiger partial charge is 0.270 e. The van der Waals surface area contributed by atoms with E-state index < -0.39 is 16.4 Å². The van der Waals surface area contributed by atoms with Gasteiger partial charge < -0.3 is 5.32 Å². The molecule has 0 radical (unpaired) electrons. The molecule has 6 rings (SSSR count). The zero-order valence-corrected chi connectivity index (χ0v) is 19.4. The first-order valence-corrected chi connectivity index (χ1v) is 12.0. The Labute approximate surface area is 206 Å². The molecule has 3 aliphatic heterocycles. The van der Waals surface area contributed by atoms with Gasteiger partial charge in [0.2, 0.25) is 5.91 Å². The topological polar surface area (TPSA) is 92.5 Å². The van der Waals surface area contributed by atoms with E-state index in [-0.39, 0.29) is 34.9 Å². The number of amides is 1. The van der Waals surface area contributed by atoms with E-state index in [0.29, 0.717) is 22.8 Å². The summed E-state index contributed by atoms with van der Waals surface area (Å²) < 4.78 is 0. The van der Waals surface area contributed by atoms with Gasteiger partial charge >= 0.3 is 0 Å². The lowest BCUT2D eigenvalue weighted by Crippen LogP contribution is -2.52. The van der Waals surface area contributed by atoms with Crippen LogP contribution in [0.15, 0.2) is 72.8 Å². The Balaban J connectivity index is 1.62. The van der Waals surface area contributed by atoms with Crippen molar-refractivity contribution in [3.8, 4) is 0 Å². The second-order valence-corrected chi connectivity index (χ2v) is 9.84. The molecule has 1 amide bonds.